The molecule has 33 heavy (non-hydrogen) atoms. The van der Waals surface area contributed by atoms with Gasteiger partial charge in [-0.2, -0.15) is 8.78 Å². The summed E-state index contributed by atoms with van der Waals surface area (Å²) in [7, 11) is -2.51. The van der Waals surface area contributed by atoms with Crippen molar-refractivity contribution in [3.05, 3.63) is 83.4 Å². The van der Waals surface area contributed by atoms with Gasteiger partial charge in [0.15, 0.2) is 0 Å². The number of ether oxygens (including phenoxy) is 2. The van der Waals surface area contributed by atoms with Crippen molar-refractivity contribution in [3.63, 3.8) is 0 Å². The van der Waals surface area contributed by atoms with Crippen LogP contribution in [0.15, 0.2) is 82.6 Å². The summed E-state index contributed by atoms with van der Waals surface area (Å²) in [5, 5.41) is 2.98. The van der Waals surface area contributed by atoms with Crippen LogP contribution in [0, 0.1) is 0 Å². The highest BCUT2D eigenvalue weighted by Gasteiger charge is 2.20. The third kappa shape index (κ3) is 6.53. The summed E-state index contributed by atoms with van der Waals surface area (Å²) < 4.78 is 59.8. The molecule has 0 saturated carbocycles. The van der Waals surface area contributed by atoms with Gasteiger partial charge in [-0.15, -0.1) is 0 Å². The zero-order valence-electron chi connectivity index (χ0n) is 17.2. The average Bonchev–Trinajstić information content (AvgIpc) is 2.78. The molecule has 0 atom stereocenters. The van der Waals surface area contributed by atoms with Gasteiger partial charge in [-0.05, 0) is 60.2 Å². The molecule has 0 fully saturated rings. The van der Waals surface area contributed by atoms with Crippen LogP contribution >= 0.6 is 11.6 Å². The molecule has 0 aliphatic rings. The lowest BCUT2D eigenvalue weighted by Crippen LogP contribution is -2.09. The SMILES string of the molecule is COc1cc(NC(=O)C=Cc2ccc(OC(F)F)cc2)cc(S(=O)(=O)c2ccc(Cl)cc2)c1. The van der Waals surface area contributed by atoms with Gasteiger partial charge in [-0.25, -0.2) is 8.42 Å². The van der Waals surface area contributed by atoms with E-state index >= 15 is 0 Å². The lowest BCUT2D eigenvalue weighted by Gasteiger charge is -2.11. The highest BCUT2D eigenvalue weighted by Crippen LogP contribution is 2.29. The van der Waals surface area contributed by atoms with Crippen molar-refractivity contribution >= 4 is 39.1 Å². The summed E-state index contributed by atoms with van der Waals surface area (Å²) in [5.74, 6) is -0.303. The van der Waals surface area contributed by atoms with E-state index in [1.807, 2.05) is 0 Å². The third-order valence-electron chi connectivity index (χ3n) is 4.35. The van der Waals surface area contributed by atoms with Gasteiger partial charge in [0.25, 0.3) is 0 Å². The van der Waals surface area contributed by atoms with Gasteiger partial charge in [0.05, 0.1) is 16.9 Å². The Bertz CT molecular complexity index is 1260. The molecule has 0 saturated heterocycles. The molecular formula is C23H18ClF2NO5S. The van der Waals surface area contributed by atoms with E-state index in [0.717, 1.165) is 0 Å². The molecule has 172 valence electrons. The molecule has 0 aromatic heterocycles. The summed E-state index contributed by atoms with van der Waals surface area (Å²) >= 11 is 5.83. The Balaban J connectivity index is 1.78. The quantitative estimate of drug-likeness (QED) is 0.423. The second-order valence-corrected chi connectivity index (χ2v) is 9.01. The van der Waals surface area contributed by atoms with Crippen molar-refractivity contribution in [3.8, 4) is 11.5 Å². The fraction of sp³-hybridized carbons (Fsp3) is 0.0870. The first-order valence-corrected chi connectivity index (χ1v) is 11.3. The monoisotopic (exact) mass is 493 g/mol. The number of sulfone groups is 1. The normalized spacial score (nSPS) is 11.5. The second kappa shape index (κ2) is 10.5. The molecule has 0 radical (unpaired) electrons. The number of halogens is 3. The van der Waals surface area contributed by atoms with Crippen LogP contribution in [0.4, 0.5) is 14.5 Å². The van der Waals surface area contributed by atoms with Gasteiger partial charge in [0.1, 0.15) is 11.5 Å². The summed E-state index contributed by atoms with van der Waals surface area (Å²) in [5.41, 5.74) is 0.778. The van der Waals surface area contributed by atoms with Crippen LogP contribution in [0.2, 0.25) is 5.02 Å². The molecule has 1 N–H and O–H groups in total. The van der Waals surface area contributed by atoms with E-state index in [-0.39, 0.29) is 27.0 Å². The topological polar surface area (TPSA) is 81.7 Å². The minimum atomic E-state index is -3.89. The lowest BCUT2D eigenvalue weighted by atomic mass is 10.2. The summed E-state index contributed by atoms with van der Waals surface area (Å²) in [6, 6.07) is 15.5. The van der Waals surface area contributed by atoms with Gasteiger partial charge in [0, 0.05) is 22.9 Å². The Kier molecular flexibility index (Phi) is 7.67. The Morgan fingerprint density at radius 2 is 1.64 bits per heavy atom. The van der Waals surface area contributed by atoms with Crippen LogP contribution in [-0.4, -0.2) is 28.0 Å². The number of hydrogen-bond donors (Lipinski definition) is 1. The molecule has 0 aliphatic carbocycles. The van der Waals surface area contributed by atoms with Crippen LogP contribution in [0.5, 0.6) is 11.5 Å². The molecule has 1 amide bonds. The minimum absolute atomic E-state index is 0.00240. The van der Waals surface area contributed by atoms with Crippen molar-refractivity contribution < 1.29 is 31.5 Å². The van der Waals surface area contributed by atoms with E-state index in [4.69, 9.17) is 16.3 Å². The number of nitrogens with one attached hydrogen (secondary N) is 1. The van der Waals surface area contributed by atoms with E-state index in [1.165, 1.54) is 86.0 Å². The molecule has 3 aromatic rings. The Morgan fingerprint density at radius 1 is 0.970 bits per heavy atom. The van der Waals surface area contributed by atoms with Crippen LogP contribution in [0.3, 0.4) is 0 Å². The van der Waals surface area contributed by atoms with Gasteiger partial charge >= 0.3 is 6.61 Å². The number of methoxy groups -OCH3 is 1. The average molecular weight is 494 g/mol. The van der Waals surface area contributed by atoms with E-state index in [2.05, 4.69) is 10.1 Å². The van der Waals surface area contributed by atoms with Gasteiger partial charge in [0.2, 0.25) is 15.7 Å². The molecule has 6 nitrogen and oxygen atoms in total. The maximum atomic E-state index is 13.0. The molecule has 3 aromatic carbocycles. The first-order valence-electron chi connectivity index (χ1n) is 9.41. The highest BCUT2D eigenvalue weighted by atomic mass is 35.5. The molecule has 0 aliphatic heterocycles. The maximum Gasteiger partial charge on any atom is 0.387 e. The minimum Gasteiger partial charge on any atom is -0.497 e. The van der Waals surface area contributed by atoms with E-state index in [9.17, 15) is 22.0 Å². The highest BCUT2D eigenvalue weighted by molar-refractivity contribution is 7.91. The van der Waals surface area contributed by atoms with Crippen LogP contribution in [0.25, 0.3) is 6.08 Å². The number of carbonyl (C=O) groups is 1. The zero-order chi connectivity index (χ0) is 24.0. The lowest BCUT2D eigenvalue weighted by molar-refractivity contribution is -0.111. The first kappa shape index (κ1) is 24.2. The third-order valence-corrected chi connectivity index (χ3v) is 6.35. The number of benzene rings is 3. The van der Waals surface area contributed by atoms with E-state index < -0.39 is 22.4 Å². The van der Waals surface area contributed by atoms with Crippen molar-refractivity contribution in [2.75, 3.05) is 12.4 Å². The zero-order valence-corrected chi connectivity index (χ0v) is 18.7. The van der Waals surface area contributed by atoms with Gasteiger partial charge < -0.3 is 14.8 Å². The smallest absolute Gasteiger partial charge is 0.387 e. The summed E-state index contributed by atoms with van der Waals surface area (Å²) in [6.07, 6.45) is 2.68. The molecule has 3 rings (SSSR count). The Hall–Kier alpha value is -3.43. The molecule has 0 spiro atoms. The van der Waals surface area contributed by atoms with Crippen LogP contribution < -0.4 is 14.8 Å². The molecular weight excluding hydrogens is 476 g/mol. The van der Waals surface area contributed by atoms with Gasteiger partial charge in [-0.3, -0.25) is 4.79 Å². The van der Waals surface area contributed by atoms with Crippen molar-refractivity contribution in [2.24, 2.45) is 0 Å². The number of amides is 1. The largest absolute Gasteiger partial charge is 0.497 e. The molecule has 0 heterocycles. The first-order chi connectivity index (χ1) is 15.7. The predicted molar refractivity (Wildman–Crippen MR) is 121 cm³/mol. The van der Waals surface area contributed by atoms with Crippen molar-refractivity contribution in [1.29, 1.82) is 0 Å². The van der Waals surface area contributed by atoms with Crippen LogP contribution in [-0.2, 0) is 14.6 Å². The number of rotatable bonds is 8. The molecule has 10 heteroatoms. The second-order valence-electron chi connectivity index (χ2n) is 6.62. The van der Waals surface area contributed by atoms with E-state index in [1.54, 1.807) is 0 Å². The molecule has 0 unspecified atom stereocenters. The van der Waals surface area contributed by atoms with Crippen molar-refractivity contribution in [2.45, 2.75) is 16.4 Å². The number of carbonyl (C=O) groups excluding carboxylic acids is 1. The summed E-state index contributed by atoms with van der Waals surface area (Å²) in [6.45, 7) is -2.92. The summed E-state index contributed by atoms with van der Waals surface area (Å²) in [4.78, 5) is 12.3. The molecule has 0 bridgehead atoms. The number of hydrogen-bond acceptors (Lipinski definition) is 5. The Morgan fingerprint density at radius 3 is 2.24 bits per heavy atom. The fourth-order valence-corrected chi connectivity index (χ4v) is 4.23. The predicted octanol–water partition coefficient (Wildman–Crippen LogP) is 5.43. The Labute approximate surface area is 194 Å². The van der Waals surface area contributed by atoms with Gasteiger partial charge in [-0.1, -0.05) is 23.7 Å². The maximum absolute atomic E-state index is 13.0. The van der Waals surface area contributed by atoms with Crippen LogP contribution in [0.1, 0.15) is 5.56 Å². The number of anilines is 1. The number of alkyl halides is 2. The van der Waals surface area contributed by atoms with E-state index in [0.29, 0.717) is 10.6 Å². The fourth-order valence-electron chi connectivity index (χ4n) is 2.78. The standard InChI is InChI=1S/C23H18ClF2NO5S/c1-31-19-12-17(13-21(14-19)33(29,30)20-9-5-16(24)6-10-20)27-22(28)11-4-15-2-7-18(8-3-15)32-23(25)26/h2-14,23H,1H3,(H,27,28). The van der Waals surface area contributed by atoms with Crippen molar-refractivity contribution in [1.82, 2.24) is 0 Å².